The van der Waals surface area contributed by atoms with Crippen LogP contribution in [-0.4, -0.2) is 33.1 Å². The van der Waals surface area contributed by atoms with Gasteiger partial charge in [0, 0.05) is 12.1 Å². The molecule has 6 heteroatoms. The second kappa shape index (κ2) is 4.37. The standard InChI is InChI=1S/C10H16N4OS/c1-3-7-5-4-6(2)14(7)9(15)8-12-13-10(11)16-8/h6-7H,3-5H2,1-2H3,(H2,11,13). The van der Waals surface area contributed by atoms with Gasteiger partial charge in [-0.25, -0.2) is 0 Å². The highest BCUT2D eigenvalue weighted by molar-refractivity contribution is 7.16. The second-order valence-corrected chi connectivity index (χ2v) is 5.16. The molecule has 1 aromatic rings. The maximum Gasteiger partial charge on any atom is 0.285 e. The molecule has 1 aliphatic heterocycles. The molecule has 1 fully saturated rings. The molecule has 0 aliphatic carbocycles. The van der Waals surface area contributed by atoms with Gasteiger partial charge in [0.1, 0.15) is 0 Å². The van der Waals surface area contributed by atoms with Gasteiger partial charge < -0.3 is 10.6 Å². The van der Waals surface area contributed by atoms with Gasteiger partial charge in [-0.2, -0.15) is 0 Å². The van der Waals surface area contributed by atoms with Gasteiger partial charge in [-0.15, -0.1) is 10.2 Å². The number of nitrogens with two attached hydrogens (primary N) is 1. The summed E-state index contributed by atoms with van der Waals surface area (Å²) in [5.74, 6) is -0.0222. The molecule has 16 heavy (non-hydrogen) atoms. The summed E-state index contributed by atoms with van der Waals surface area (Å²) in [5.41, 5.74) is 5.49. The van der Waals surface area contributed by atoms with E-state index in [1.54, 1.807) is 0 Å². The van der Waals surface area contributed by atoms with Crippen LogP contribution >= 0.6 is 11.3 Å². The van der Waals surface area contributed by atoms with Gasteiger partial charge in [0.2, 0.25) is 10.1 Å². The largest absolute Gasteiger partial charge is 0.374 e. The number of rotatable bonds is 2. The summed E-state index contributed by atoms with van der Waals surface area (Å²) in [6, 6.07) is 0.634. The van der Waals surface area contributed by atoms with Crippen molar-refractivity contribution in [3.8, 4) is 0 Å². The van der Waals surface area contributed by atoms with Crippen LogP contribution in [0.1, 0.15) is 42.9 Å². The first-order valence-corrected chi connectivity index (χ1v) is 6.36. The Morgan fingerprint density at radius 3 is 2.88 bits per heavy atom. The van der Waals surface area contributed by atoms with Crippen LogP contribution in [0, 0.1) is 0 Å². The lowest BCUT2D eigenvalue weighted by molar-refractivity contribution is 0.0675. The fourth-order valence-corrected chi connectivity index (χ4v) is 2.82. The molecule has 0 bridgehead atoms. The molecular formula is C10H16N4OS. The van der Waals surface area contributed by atoms with Crippen LogP contribution in [0.25, 0.3) is 0 Å². The monoisotopic (exact) mass is 240 g/mol. The quantitative estimate of drug-likeness (QED) is 0.850. The van der Waals surface area contributed by atoms with Crippen LogP contribution < -0.4 is 5.73 Å². The average molecular weight is 240 g/mol. The van der Waals surface area contributed by atoms with Gasteiger partial charge in [-0.1, -0.05) is 18.3 Å². The van der Waals surface area contributed by atoms with Crippen molar-refractivity contribution in [2.24, 2.45) is 0 Å². The lowest BCUT2D eigenvalue weighted by Gasteiger charge is -2.26. The summed E-state index contributed by atoms with van der Waals surface area (Å²) in [7, 11) is 0. The Balaban J connectivity index is 2.20. The van der Waals surface area contributed by atoms with E-state index >= 15 is 0 Å². The van der Waals surface area contributed by atoms with Crippen LogP contribution in [-0.2, 0) is 0 Å². The number of carbonyl (C=O) groups excluding carboxylic acids is 1. The second-order valence-electron chi connectivity index (χ2n) is 4.15. The molecular weight excluding hydrogens is 224 g/mol. The smallest absolute Gasteiger partial charge is 0.285 e. The first-order valence-electron chi connectivity index (χ1n) is 5.55. The van der Waals surface area contributed by atoms with Crippen LogP contribution in [0.4, 0.5) is 5.13 Å². The van der Waals surface area contributed by atoms with E-state index in [9.17, 15) is 4.79 Å². The van der Waals surface area contributed by atoms with Crippen molar-refractivity contribution in [3.05, 3.63) is 5.01 Å². The van der Waals surface area contributed by atoms with Gasteiger partial charge in [-0.3, -0.25) is 4.79 Å². The highest BCUT2D eigenvalue weighted by Gasteiger charge is 2.35. The molecule has 5 nitrogen and oxygen atoms in total. The molecule has 0 spiro atoms. The number of amides is 1. The first kappa shape index (κ1) is 11.3. The predicted octanol–water partition coefficient (Wildman–Crippen LogP) is 1.52. The van der Waals surface area contributed by atoms with E-state index in [1.165, 1.54) is 0 Å². The van der Waals surface area contributed by atoms with Gasteiger partial charge in [-0.05, 0) is 26.2 Å². The van der Waals surface area contributed by atoms with Crippen molar-refractivity contribution in [1.82, 2.24) is 15.1 Å². The van der Waals surface area contributed by atoms with Crippen molar-refractivity contribution in [1.29, 1.82) is 0 Å². The van der Waals surface area contributed by atoms with Crippen molar-refractivity contribution < 1.29 is 4.79 Å². The minimum absolute atomic E-state index is 0.0222. The number of aromatic nitrogens is 2. The zero-order valence-corrected chi connectivity index (χ0v) is 10.3. The minimum atomic E-state index is -0.0222. The van der Waals surface area contributed by atoms with Crippen LogP contribution in [0.5, 0.6) is 0 Å². The lowest BCUT2D eigenvalue weighted by Crippen LogP contribution is -2.39. The van der Waals surface area contributed by atoms with Crippen molar-refractivity contribution in [2.75, 3.05) is 5.73 Å². The molecule has 2 N–H and O–H groups in total. The molecule has 0 saturated carbocycles. The number of nitrogen functional groups attached to an aromatic ring is 1. The number of hydrogen-bond acceptors (Lipinski definition) is 5. The van der Waals surface area contributed by atoms with E-state index in [-0.39, 0.29) is 5.91 Å². The van der Waals surface area contributed by atoms with Crippen molar-refractivity contribution >= 4 is 22.4 Å². The molecule has 1 saturated heterocycles. The van der Waals surface area contributed by atoms with E-state index in [1.807, 2.05) is 4.90 Å². The van der Waals surface area contributed by atoms with Crippen molar-refractivity contribution in [3.63, 3.8) is 0 Å². The van der Waals surface area contributed by atoms with Gasteiger partial charge in [0.15, 0.2) is 0 Å². The van der Waals surface area contributed by atoms with E-state index in [2.05, 4.69) is 24.0 Å². The Labute approximate surface area is 98.7 Å². The maximum absolute atomic E-state index is 12.2. The Morgan fingerprint density at radius 1 is 1.56 bits per heavy atom. The fraction of sp³-hybridized carbons (Fsp3) is 0.700. The SMILES string of the molecule is CCC1CCC(C)N1C(=O)c1nnc(N)s1. The van der Waals surface area contributed by atoms with Crippen LogP contribution in [0.3, 0.4) is 0 Å². The van der Waals surface area contributed by atoms with E-state index in [0.29, 0.717) is 22.2 Å². The molecule has 1 aromatic heterocycles. The normalized spacial score (nSPS) is 25.0. The molecule has 2 unspecified atom stereocenters. The summed E-state index contributed by atoms with van der Waals surface area (Å²) < 4.78 is 0. The average Bonchev–Trinajstić information content (AvgIpc) is 2.83. The third-order valence-corrected chi connectivity index (χ3v) is 3.86. The Morgan fingerprint density at radius 2 is 2.31 bits per heavy atom. The number of carbonyl (C=O) groups is 1. The Bertz CT molecular complexity index is 392. The Hall–Kier alpha value is -1.17. The first-order chi connectivity index (χ1) is 7.63. The molecule has 0 radical (unpaired) electrons. The zero-order chi connectivity index (χ0) is 11.7. The molecule has 1 amide bonds. The fourth-order valence-electron chi connectivity index (χ4n) is 2.27. The number of likely N-dealkylation sites (tertiary alicyclic amines) is 1. The van der Waals surface area contributed by atoms with Crippen LogP contribution in [0.2, 0.25) is 0 Å². The summed E-state index contributed by atoms with van der Waals surface area (Å²) >= 11 is 1.16. The molecule has 88 valence electrons. The maximum atomic E-state index is 12.2. The van der Waals surface area contributed by atoms with Gasteiger partial charge >= 0.3 is 0 Å². The third-order valence-electron chi connectivity index (χ3n) is 3.12. The summed E-state index contributed by atoms with van der Waals surface area (Å²) in [6.45, 7) is 4.19. The molecule has 0 aromatic carbocycles. The molecule has 2 atom stereocenters. The predicted molar refractivity (Wildman–Crippen MR) is 63.3 cm³/mol. The summed E-state index contributed by atoms with van der Waals surface area (Å²) in [4.78, 5) is 14.1. The minimum Gasteiger partial charge on any atom is -0.374 e. The molecule has 2 rings (SSSR count). The highest BCUT2D eigenvalue weighted by atomic mass is 32.1. The Kier molecular flexibility index (Phi) is 3.09. The molecule has 1 aliphatic rings. The van der Waals surface area contributed by atoms with E-state index in [4.69, 9.17) is 5.73 Å². The number of nitrogens with zero attached hydrogens (tertiary/aromatic N) is 3. The van der Waals surface area contributed by atoms with E-state index in [0.717, 1.165) is 30.6 Å². The highest BCUT2D eigenvalue weighted by Crippen LogP contribution is 2.28. The molecule has 2 heterocycles. The van der Waals surface area contributed by atoms with Gasteiger partial charge in [0.05, 0.1) is 0 Å². The van der Waals surface area contributed by atoms with Gasteiger partial charge in [0.25, 0.3) is 5.91 Å². The summed E-state index contributed by atoms with van der Waals surface area (Å²) in [6.07, 6.45) is 3.14. The van der Waals surface area contributed by atoms with Crippen molar-refractivity contribution in [2.45, 2.75) is 45.2 Å². The zero-order valence-electron chi connectivity index (χ0n) is 9.51. The number of hydrogen-bond donors (Lipinski definition) is 1. The topological polar surface area (TPSA) is 72.1 Å². The summed E-state index contributed by atoms with van der Waals surface area (Å²) in [5, 5.41) is 8.26. The van der Waals surface area contributed by atoms with Crippen LogP contribution in [0.15, 0.2) is 0 Å². The third kappa shape index (κ3) is 1.89. The number of anilines is 1. The lowest BCUT2D eigenvalue weighted by atomic mass is 10.1. The van der Waals surface area contributed by atoms with E-state index < -0.39 is 0 Å².